The van der Waals surface area contributed by atoms with Crippen LogP contribution >= 0.6 is 11.6 Å². The van der Waals surface area contributed by atoms with Gasteiger partial charge in [0.1, 0.15) is 24.0 Å². The van der Waals surface area contributed by atoms with Gasteiger partial charge in [0.25, 0.3) is 0 Å². The van der Waals surface area contributed by atoms with Crippen LogP contribution < -0.4 is 4.74 Å². The molecule has 0 aliphatic carbocycles. The molecule has 0 fully saturated rings. The van der Waals surface area contributed by atoms with Gasteiger partial charge in [-0.15, -0.1) is 0 Å². The van der Waals surface area contributed by atoms with Crippen molar-refractivity contribution >= 4 is 17.6 Å². The van der Waals surface area contributed by atoms with Gasteiger partial charge < -0.3 is 9.84 Å². The van der Waals surface area contributed by atoms with Gasteiger partial charge in [0, 0.05) is 16.8 Å². The summed E-state index contributed by atoms with van der Waals surface area (Å²) >= 11 is 6.06. The van der Waals surface area contributed by atoms with Crippen molar-refractivity contribution in [2.45, 2.75) is 19.7 Å². The van der Waals surface area contributed by atoms with Crippen molar-refractivity contribution in [2.75, 3.05) is 0 Å². The standard InChI is InChI=1S/C25H17ClF4N2O3/c1-14-8-10-21(32(14)23-7-3-6-20(31-23)24(33)34)16-12-15(25(28,29)30)9-11-22(16)35-13-17-18(26)4-2-5-19(17)27/h2-12H,13H2,1H3,(H,33,34). The fraction of sp³-hybridized carbons (Fsp3) is 0.120. The van der Waals surface area contributed by atoms with Crippen LogP contribution in [-0.2, 0) is 12.8 Å². The van der Waals surface area contributed by atoms with E-state index >= 15 is 0 Å². The molecular formula is C25H17ClF4N2O3. The van der Waals surface area contributed by atoms with Crippen molar-refractivity contribution in [2.24, 2.45) is 0 Å². The topological polar surface area (TPSA) is 64.3 Å². The Morgan fingerprint density at radius 1 is 1.09 bits per heavy atom. The van der Waals surface area contributed by atoms with Gasteiger partial charge in [-0.2, -0.15) is 13.2 Å². The zero-order valence-electron chi connectivity index (χ0n) is 18.1. The quantitative estimate of drug-likeness (QED) is 0.289. The maximum Gasteiger partial charge on any atom is 0.416 e. The molecule has 10 heteroatoms. The summed E-state index contributed by atoms with van der Waals surface area (Å²) in [6.45, 7) is 1.38. The molecule has 0 aliphatic heterocycles. The number of benzene rings is 2. The smallest absolute Gasteiger partial charge is 0.416 e. The Labute approximate surface area is 202 Å². The first-order valence-corrected chi connectivity index (χ1v) is 10.6. The van der Waals surface area contributed by atoms with Crippen LogP contribution in [0.25, 0.3) is 17.1 Å². The van der Waals surface area contributed by atoms with Gasteiger partial charge in [-0.05, 0) is 61.5 Å². The molecule has 0 saturated heterocycles. The monoisotopic (exact) mass is 504 g/mol. The molecule has 2 aromatic heterocycles. The van der Waals surface area contributed by atoms with Crippen molar-refractivity contribution in [1.82, 2.24) is 9.55 Å². The molecule has 0 bridgehead atoms. The number of aromatic nitrogens is 2. The minimum absolute atomic E-state index is 0.0473. The Morgan fingerprint density at radius 2 is 1.83 bits per heavy atom. The van der Waals surface area contributed by atoms with E-state index in [1.807, 2.05) is 0 Å². The molecule has 0 aliphatic rings. The van der Waals surface area contributed by atoms with E-state index in [-0.39, 0.29) is 45.7 Å². The molecule has 0 amide bonds. The van der Waals surface area contributed by atoms with Crippen LogP contribution in [0.5, 0.6) is 5.75 Å². The van der Waals surface area contributed by atoms with E-state index in [2.05, 4.69) is 4.98 Å². The summed E-state index contributed by atoms with van der Waals surface area (Å²) in [4.78, 5) is 15.5. The Kier molecular flexibility index (Phi) is 6.53. The van der Waals surface area contributed by atoms with E-state index in [4.69, 9.17) is 16.3 Å². The number of rotatable bonds is 6. The van der Waals surface area contributed by atoms with Gasteiger partial charge in [-0.1, -0.05) is 23.7 Å². The van der Waals surface area contributed by atoms with Gasteiger partial charge in [0.15, 0.2) is 5.69 Å². The molecule has 0 spiro atoms. The Balaban J connectivity index is 1.85. The number of nitrogens with zero attached hydrogens (tertiary/aromatic N) is 2. The van der Waals surface area contributed by atoms with Crippen LogP contribution in [0, 0.1) is 12.7 Å². The Morgan fingerprint density at radius 3 is 2.51 bits per heavy atom. The molecule has 4 rings (SSSR count). The summed E-state index contributed by atoms with van der Waals surface area (Å²) in [6, 6.07) is 14.6. The fourth-order valence-corrected chi connectivity index (χ4v) is 3.79. The highest BCUT2D eigenvalue weighted by Crippen LogP contribution is 2.39. The molecule has 4 aromatic rings. The van der Waals surface area contributed by atoms with Crippen molar-refractivity contribution in [3.05, 3.63) is 100 Å². The van der Waals surface area contributed by atoms with E-state index in [9.17, 15) is 27.5 Å². The van der Waals surface area contributed by atoms with Crippen LogP contribution in [0.3, 0.4) is 0 Å². The molecule has 2 heterocycles. The Hall–Kier alpha value is -3.85. The molecule has 0 unspecified atom stereocenters. The average molecular weight is 505 g/mol. The zero-order valence-corrected chi connectivity index (χ0v) is 18.9. The first-order chi connectivity index (χ1) is 16.6. The third-order valence-corrected chi connectivity index (χ3v) is 5.63. The number of aromatic carboxylic acids is 1. The summed E-state index contributed by atoms with van der Waals surface area (Å²) in [5.41, 5.74) is -0.156. The number of carboxylic acids is 1. The first kappa shape index (κ1) is 24.3. The largest absolute Gasteiger partial charge is 0.488 e. The highest BCUT2D eigenvalue weighted by atomic mass is 35.5. The highest BCUT2D eigenvalue weighted by molar-refractivity contribution is 6.31. The number of alkyl halides is 3. The molecule has 0 atom stereocenters. The molecule has 35 heavy (non-hydrogen) atoms. The van der Waals surface area contributed by atoms with Crippen LogP contribution in [0.4, 0.5) is 17.6 Å². The summed E-state index contributed by atoms with van der Waals surface area (Å²) in [6.07, 6.45) is -4.63. The number of carboxylic acid groups (broad SMARTS) is 1. The van der Waals surface area contributed by atoms with E-state index in [1.165, 1.54) is 41.0 Å². The van der Waals surface area contributed by atoms with Crippen molar-refractivity contribution in [3.8, 4) is 22.8 Å². The number of halogens is 5. The van der Waals surface area contributed by atoms with Crippen LogP contribution in [0.15, 0.2) is 66.7 Å². The summed E-state index contributed by atoms with van der Waals surface area (Å²) in [5, 5.41) is 9.42. The van der Waals surface area contributed by atoms with E-state index in [1.54, 1.807) is 19.1 Å². The molecular weight excluding hydrogens is 488 g/mol. The van der Waals surface area contributed by atoms with Gasteiger partial charge in [-0.3, -0.25) is 4.57 Å². The lowest BCUT2D eigenvalue weighted by atomic mass is 10.1. The maximum absolute atomic E-state index is 14.2. The SMILES string of the molecule is Cc1ccc(-c2cc(C(F)(F)F)ccc2OCc2c(F)cccc2Cl)n1-c1cccc(C(=O)O)n1. The maximum atomic E-state index is 14.2. The molecule has 0 saturated carbocycles. The van der Waals surface area contributed by atoms with Gasteiger partial charge in [0.05, 0.1) is 16.3 Å². The number of carbonyl (C=O) groups is 1. The second kappa shape index (κ2) is 9.42. The lowest BCUT2D eigenvalue weighted by molar-refractivity contribution is -0.137. The Bertz CT molecular complexity index is 1400. The molecule has 1 N–H and O–H groups in total. The predicted molar refractivity (Wildman–Crippen MR) is 121 cm³/mol. The van der Waals surface area contributed by atoms with Crippen LogP contribution in [-0.4, -0.2) is 20.6 Å². The second-order valence-corrected chi connectivity index (χ2v) is 7.99. The van der Waals surface area contributed by atoms with Crippen molar-refractivity contribution in [3.63, 3.8) is 0 Å². The minimum atomic E-state index is -4.63. The van der Waals surface area contributed by atoms with E-state index < -0.39 is 23.5 Å². The average Bonchev–Trinajstić information content (AvgIpc) is 3.19. The number of ether oxygens (including phenoxy) is 1. The lowest BCUT2D eigenvalue weighted by Crippen LogP contribution is -2.09. The zero-order chi connectivity index (χ0) is 25.3. The van der Waals surface area contributed by atoms with Gasteiger partial charge in [-0.25, -0.2) is 14.2 Å². The van der Waals surface area contributed by atoms with E-state index in [0.717, 1.165) is 18.2 Å². The minimum Gasteiger partial charge on any atom is -0.488 e. The highest BCUT2D eigenvalue weighted by Gasteiger charge is 2.32. The van der Waals surface area contributed by atoms with Crippen molar-refractivity contribution < 1.29 is 32.2 Å². The summed E-state index contributed by atoms with van der Waals surface area (Å²) < 4.78 is 62.1. The molecule has 2 aromatic carbocycles. The fourth-order valence-electron chi connectivity index (χ4n) is 3.57. The first-order valence-electron chi connectivity index (χ1n) is 10.2. The predicted octanol–water partition coefficient (Wildman–Crippen LogP) is 6.94. The lowest BCUT2D eigenvalue weighted by Gasteiger charge is -2.18. The van der Waals surface area contributed by atoms with Gasteiger partial charge >= 0.3 is 12.1 Å². The summed E-state index contributed by atoms with van der Waals surface area (Å²) in [7, 11) is 0. The molecule has 180 valence electrons. The number of pyridine rings is 1. The number of hydrogen-bond acceptors (Lipinski definition) is 3. The third-order valence-electron chi connectivity index (χ3n) is 5.28. The number of aryl methyl sites for hydroxylation is 1. The van der Waals surface area contributed by atoms with Crippen LogP contribution in [0.2, 0.25) is 5.02 Å². The normalized spacial score (nSPS) is 11.5. The second-order valence-electron chi connectivity index (χ2n) is 7.58. The molecule has 5 nitrogen and oxygen atoms in total. The van der Waals surface area contributed by atoms with Crippen LogP contribution in [0.1, 0.15) is 27.3 Å². The third kappa shape index (κ3) is 5.00. The molecule has 0 radical (unpaired) electrons. The van der Waals surface area contributed by atoms with Gasteiger partial charge in [0.2, 0.25) is 0 Å². The van der Waals surface area contributed by atoms with Crippen molar-refractivity contribution in [1.29, 1.82) is 0 Å². The number of hydrogen-bond donors (Lipinski definition) is 1. The van der Waals surface area contributed by atoms with E-state index in [0.29, 0.717) is 5.69 Å². The summed E-state index contributed by atoms with van der Waals surface area (Å²) in [5.74, 6) is -1.61.